The van der Waals surface area contributed by atoms with E-state index in [1.165, 1.54) is 0 Å². The summed E-state index contributed by atoms with van der Waals surface area (Å²) in [6, 6.07) is 16.2. The van der Waals surface area contributed by atoms with Crippen molar-refractivity contribution in [1.29, 1.82) is 5.26 Å². The molecule has 1 atom stereocenters. The Kier molecular flexibility index (Phi) is 4.30. The number of nitrogens with zero attached hydrogens (tertiary/aromatic N) is 2. The van der Waals surface area contributed by atoms with E-state index in [9.17, 15) is 9.59 Å². The zero-order valence-corrected chi connectivity index (χ0v) is 13.3. The number of nitrogens with one attached hydrogen (secondary N) is 1. The van der Waals surface area contributed by atoms with Crippen LogP contribution in [-0.4, -0.2) is 24.4 Å². The monoisotopic (exact) mass is 319 g/mol. The van der Waals surface area contributed by atoms with Crippen molar-refractivity contribution in [3.05, 3.63) is 65.2 Å². The van der Waals surface area contributed by atoms with Gasteiger partial charge in [0.25, 0.3) is 5.91 Å². The second kappa shape index (κ2) is 6.55. The van der Waals surface area contributed by atoms with Gasteiger partial charge in [-0.3, -0.25) is 9.59 Å². The molecule has 0 fully saturated rings. The van der Waals surface area contributed by atoms with Crippen molar-refractivity contribution in [2.45, 2.75) is 19.4 Å². The number of fused-ring (bicyclic) bond motifs is 1. The summed E-state index contributed by atoms with van der Waals surface area (Å²) < 4.78 is 0. The van der Waals surface area contributed by atoms with E-state index in [1.807, 2.05) is 37.3 Å². The molecule has 0 aromatic heterocycles. The van der Waals surface area contributed by atoms with Crippen LogP contribution < -0.4 is 10.2 Å². The first-order chi connectivity index (χ1) is 11.6. The molecule has 0 saturated carbocycles. The molecule has 0 bridgehead atoms. The van der Waals surface area contributed by atoms with Crippen LogP contribution in [0, 0.1) is 11.3 Å². The quantitative estimate of drug-likeness (QED) is 0.943. The lowest BCUT2D eigenvalue weighted by molar-refractivity contribution is -0.118. The van der Waals surface area contributed by atoms with E-state index in [-0.39, 0.29) is 24.4 Å². The van der Waals surface area contributed by atoms with Crippen LogP contribution in [0.5, 0.6) is 0 Å². The van der Waals surface area contributed by atoms with Gasteiger partial charge < -0.3 is 10.2 Å². The van der Waals surface area contributed by atoms with Gasteiger partial charge in [-0.2, -0.15) is 5.26 Å². The summed E-state index contributed by atoms with van der Waals surface area (Å²) in [4.78, 5) is 26.4. The Morgan fingerprint density at radius 2 is 1.92 bits per heavy atom. The van der Waals surface area contributed by atoms with Crippen LogP contribution in [0.25, 0.3) is 0 Å². The summed E-state index contributed by atoms with van der Waals surface area (Å²) in [7, 11) is 0. The molecule has 5 nitrogen and oxygen atoms in total. The first-order valence-corrected chi connectivity index (χ1v) is 7.78. The molecule has 120 valence electrons. The summed E-state index contributed by atoms with van der Waals surface area (Å²) in [5, 5.41) is 11.4. The highest BCUT2D eigenvalue weighted by Crippen LogP contribution is 2.31. The average molecular weight is 319 g/mol. The highest BCUT2D eigenvalue weighted by atomic mass is 16.2. The Balaban J connectivity index is 1.65. The zero-order chi connectivity index (χ0) is 17.1. The Morgan fingerprint density at radius 3 is 2.62 bits per heavy atom. The predicted molar refractivity (Wildman–Crippen MR) is 90.6 cm³/mol. The van der Waals surface area contributed by atoms with Gasteiger partial charge in [0, 0.05) is 17.3 Å². The van der Waals surface area contributed by atoms with Crippen molar-refractivity contribution in [2.75, 3.05) is 11.4 Å². The number of anilines is 1. The smallest absolute Gasteiger partial charge is 0.251 e. The first kappa shape index (κ1) is 15.8. The fourth-order valence-corrected chi connectivity index (χ4v) is 2.98. The maximum atomic E-state index is 12.5. The number of amides is 2. The molecule has 2 amide bonds. The zero-order valence-electron chi connectivity index (χ0n) is 13.3. The van der Waals surface area contributed by atoms with Gasteiger partial charge >= 0.3 is 0 Å². The minimum absolute atomic E-state index is 0.0580. The number of carbonyl (C=O) groups excluding carboxylic acids is 2. The molecule has 1 aliphatic rings. The highest BCUT2D eigenvalue weighted by Gasteiger charge is 2.30. The molecule has 0 unspecified atom stereocenters. The Labute approximate surface area is 140 Å². The van der Waals surface area contributed by atoms with Gasteiger partial charge in [-0.05, 0) is 49.2 Å². The lowest BCUT2D eigenvalue weighted by Gasteiger charge is -2.22. The maximum absolute atomic E-state index is 12.5. The van der Waals surface area contributed by atoms with E-state index in [0.717, 1.165) is 17.7 Å². The van der Waals surface area contributed by atoms with Gasteiger partial charge in [0.15, 0.2) is 0 Å². The van der Waals surface area contributed by atoms with Crippen LogP contribution in [-0.2, 0) is 11.2 Å². The summed E-state index contributed by atoms with van der Waals surface area (Å²) in [5.41, 5.74) is 2.99. The van der Waals surface area contributed by atoms with Gasteiger partial charge in [0.1, 0.15) is 0 Å². The number of carbonyl (C=O) groups is 2. The molecule has 2 aromatic rings. The number of rotatable bonds is 3. The van der Waals surface area contributed by atoms with Crippen molar-refractivity contribution in [3.63, 3.8) is 0 Å². The van der Waals surface area contributed by atoms with Gasteiger partial charge in [-0.1, -0.05) is 18.2 Å². The molecular formula is C19H17N3O2. The SMILES string of the molecule is C[C@@H]1Cc2ccccc2N1C(=O)CNC(=O)c1ccc(C#N)cc1. The van der Waals surface area contributed by atoms with E-state index in [1.54, 1.807) is 29.2 Å². The molecule has 5 heteroatoms. The van der Waals surface area contributed by atoms with Gasteiger partial charge in [-0.15, -0.1) is 0 Å². The van der Waals surface area contributed by atoms with Crippen molar-refractivity contribution >= 4 is 17.5 Å². The van der Waals surface area contributed by atoms with Gasteiger partial charge in [0.05, 0.1) is 18.2 Å². The fraction of sp³-hybridized carbons (Fsp3) is 0.211. The molecule has 1 heterocycles. The molecule has 0 saturated heterocycles. The molecule has 0 radical (unpaired) electrons. The largest absolute Gasteiger partial charge is 0.343 e. The van der Waals surface area contributed by atoms with Crippen LogP contribution >= 0.6 is 0 Å². The first-order valence-electron chi connectivity index (χ1n) is 7.78. The maximum Gasteiger partial charge on any atom is 0.251 e. The number of nitriles is 1. The molecule has 0 spiro atoms. The average Bonchev–Trinajstić information content (AvgIpc) is 2.95. The Bertz CT molecular complexity index is 821. The third-order valence-corrected chi connectivity index (χ3v) is 4.15. The molecule has 0 aliphatic carbocycles. The van der Waals surface area contributed by atoms with E-state index in [4.69, 9.17) is 5.26 Å². The summed E-state index contributed by atoms with van der Waals surface area (Å²) in [5.74, 6) is -0.456. The number of benzene rings is 2. The lowest BCUT2D eigenvalue weighted by Crippen LogP contribution is -2.43. The molecule has 24 heavy (non-hydrogen) atoms. The Morgan fingerprint density at radius 1 is 1.21 bits per heavy atom. The standard InChI is InChI=1S/C19H17N3O2/c1-13-10-16-4-2-3-5-17(16)22(13)18(23)12-21-19(24)15-8-6-14(11-20)7-9-15/h2-9,13H,10,12H2,1H3,(H,21,24)/t13-/m1/s1. The van der Waals surface area contributed by atoms with Crippen molar-refractivity contribution in [2.24, 2.45) is 0 Å². The van der Waals surface area contributed by atoms with E-state index in [0.29, 0.717) is 11.1 Å². The molecule has 2 aromatic carbocycles. The van der Waals surface area contributed by atoms with Gasteiger partial charge in [-0.25, -0.2) is 0 Å². The molecule has 3 rings (SSSR count). The highest BCUT2D eigenvalue weighted by molar-refractivity contribution is 6.01. The minimum atomic E-state index is -0.326. The normalized spacial score (nSPS) is 15.5. The second-order valence-electron chi connectivity index (χ2n) is 5.82. The number of hydrogen-bond donors (Lipinski definition) is 1. The number of para-hydroxylation sites is 1. The molecular weight excluding hydrogens is 302 g/mol. The molecule has 1 N–H and O–H groups in total. The third kappa shape index (κ3) is 2.99. The summed E-state index contributed by atoms with van der Waals surface area (Å²) in [6.45, 7) is 1.94. The second-order valence-corrected chi connectivity index (χ2v) is 5.82. The predicted octanol–water partition coefficient (Wildman–Crippen LogP) is 2.27. The summed E-state index contributed by atoms with van der Waals surface area (Å²) >= 11 is 0. The van der Waals surface area contributed by atoms with Crippen molar-refractivity contribution < 1.29 is 9.59 Å². The van der Waals surface area contributed by atoms with Crippen LogP contribution in [0.4, 0.5) is 5.69 Å². The molecule has 1 aliphatic heterocycles. The van der Waals surface area contributed by atoms with E-state index >= 15 is 0 Å². The van der Waals surface area contributed by atoms with Crippen LogP contribution in [0.15, 0.2) is 48.5 Å². The fourth-order valence-electron chi connectivity index (χ4n) is 2.98. The van der Waals surface area contributed by atoms with Crippen LogP contribution in [0.3, 0.4) is 0 Å². The van der Waals surface area contributed by atoms with Crippen LogP contribution in [0.2, 0.25) is 0 Å². The number of hydrogen-bond acceptors (Lipinski definition) is 3. The van der Waals surface area contributed by atoms with Crippen LogP contribution in [0.1, 0.15) is 28.4 Å². The minimum Gasteiger partial charge on any atom is -0.343 e. The van der Waals surface area contributed by atoms with E-state index < -0.39 is 0 Å². The topological polar surface area (TPSA) is 73.2 Å². The van der Waals surface area contributed by atoms with Crippen molar-refractivity contribution in [3.8, 4) is 6.07 Å². The third-order valence-electron chi connectivity index (χ3n) is 4.15. The van der Waals surface area contributed by atoms with Gasteiger partial charge in [0.2, 0.25) is 5.91 Å². The van der Waals surface area contributed by atoms with Crippen molar-refractivity contribution in [1.82, 2.24) is 5.32 Å². The Hall–Kier alpha value is -3.13. The lowest BCUT2D eigenvalue weighted by atomic mass is 10.1. The summed E-state index contributed by atoms with van der Waals surface area (Å²) in [6.07, 6.45) is 0.825. The van der Waals surface area contributed by atoms with E-state index in [2.05, 4.69) is 5.32 Å².